The van der Waals surface area contributed by atoms with Crippen LogP contribution in [0.3, 0.4) is 0 Å². The summed E-state index contributed by atoms with van der Waals surface area (Å²) in [7, 11) is 0. The molecule has 1 aromatic carbocycles. The van der Waals surface area contributed by atoms with Crippen molar-refractivity contribution in [3.63, 3.8) is 0 Å². The van der Waals surface area contributed by atoms with Crippen molar-refractivity contribution in [3.05, 3.63) is 64.7 Å². The van der Waals surface area contributed by atoms with Crippen molar-refractivity contribution in [1.82, 2.24) is 15.8 Å². The molecule has 1 aliphatic rings. The van der Waals surface area contributed by atoms with Gasteiger partial charge in [-0.25, -0.2) is 5.01 Å². The normalized spacial score (nSPS) is 15.4. The highest BCUT2D eigenvalue weighted by molar-refractivity contribution is 6.05. The van der Waals surface area contributed by atoms with Crippen molar-refractivity contribution in [2.45, 2.75) is 13.8 Å². The third-order valence-electron chi connectivity index (χ3n) is 4.36. The summed E-state index contributed by atoms with van der Waals surface area (Å²) in [4.78, 5) is 25.4. The zero-order valence-corrected chi connectivity index (χ0v) is 15.5. The van der Waals surface area contributed by atoms with Gasteiger partial charge in [0.15, 0.2) is 0 Å². The summed E-state index contributed by atoms with van der Waals surface area (Å²) in [6.45, 7) is 6.20. The van der Waals surface area contributed by atoms with Gasteiger partial charge >= 0.3 is 0 Å². The fourth-order valence-electron chi connectivity index (χ4n) is 2.63. The van der Waals surface area contributed by atoms with Crippen LogP contribution in [0.2, 0.25) is 0 Å². The Morgan fingerprint density at radius 1 is 1.11 bits per heavy atom. The van der Waals surface area contributed by atoms with Crippen LogP contribution in [0.25, 0.3) is 6.08 Å². The zero-order valence-electron chi connectivity index (χ0n) is 15.5. The summed E-state index contributed by atoms with van der Waals surface area (Å²) in [5, 5.41) is 4.47. The van der Waals surface area contributed by atoms with E-state index >= 15 is 0 Å². The van der Waals surface area contributed by atoms with E-state index in [1.165, 1.54) is 12.3 Å². The number of hydrazine groups is 1. The number of rotatable bonds is 5. The van der Waals surface area contributed by atoms with Crippen molar-refractivity contribution in [1.29, 1.82) is 0 Å². The van der Waals surface area contributed by atoms with Crippen molar-refractivity contribution in [3.8, 4) is 0 Å². The van der Waals surface area contributed by atoms with Crippen molar-refractivity contribution in [2.24, 2.45) is 0 Å². The standard InChI is InChI=1S/C20H23N3O4/c1-14-5-6-16(12-15(14)2)19(24)21-18(13-17-4-3-9-27-17)20(25)22-23-7-10-26-11-8-23/h3-6,9,12-13H,7-8,10-11H2,1-2H3,(H,21,24)(H,22,25)/b18-13-. The number of aryl methyl sites for hydroxylation is 2. The lowest BCUT2D eigenvalue weighted by Crippen LogP contribution is -2.50. The van der Waals surface area contributed by atoms with E-state index in [4.69, 9.17) is 9.15 Å². The molecule has 1 saturated heterocycles. The molecule has 0 bridgehead atoms. The monoisotopic (exact) mass is 369 g/mol. The summed E-state index contributed by atoms with van der Waals surface area (Å²) in [6, 6.07) is 8.85. The van der Waals surface area contributed by atoms with Crippen LogP contribution < -0.4 is 10.7 Å². The lowest BCUT2D eigenvalue weighted by atomic mass is 10.1. The Labute approximate surface area is 158 Å². The van der Waals surface area contributed by atoms with Gasteiger partial charge in [0.05, 0.1) is 19.5 Å². The van der Waals surface area contributed by atoms with Gasteiger partial charge in [0, 0.05) is 24.7 Å². The highest BCUT2D eigenvalue weighted by Crippen LogP contribution is 2.12. The van der Waals surface area contributed by atoms with Gasteiger partial charge in [0.2, 0.25) is 0 Å². The predicted molar refractivity (Wildman–Crippen MR) is 101 cm³/mol. The number of ether oxygens (including phenoxy) is 1. The smallest absolute Gasteiger partial charge is 0.282 e. The Morgan fingerprint density at radius 2 is 1.89 bits per heavy atom. The molecule has 2 aromatic rings. The first-order chi connectivity index (χ1) is 13.0. The molecule has 0 unspecified atom stereocenters. The molecule has 2 heterocycles. The molecule has 0 saturated carbocycles. The third-order valence-corrected chi connectivity index (χ3v) is 4.36. The summed E-state index contributed by atoms with van der Waals surface area (Å²) in [5.74, 6) is -0.291. The van der Waals surface area contributed by atoms with Gasteiger partial charge in [0.25, 0.3) is 11.8 Å². The van der Waals surface area contributed by atoms with E-state index in [-0.39, 0.29) is 11.6 Å². The second-order valence-corrected chi connectivity index (χ2v) is 6.37. The molecule has 1 aromatic heterocycles. The first kappa shape index (κ1) is 18.9. The Hall–Kier alpha value is -2.90. The number of carbonyl (C=O) groups is 2. The summed E-state index contributed by atoms with van der Waals surface area (Å²) in [6.07, 6.45) is 3.02. The van der Waals surface area contributed by atoms with Crippen LogP contribution in [-0.2, 0) is 9.53 Å². The van der Waals surface area contributed by atoms with Gasteiger partial charge in [-0.05, 0) is 49.2 Å². The molecule has 0 spiro atoms. The molecule has 2 amide bonds. The topological polar surface area (TPSA) is 83.8 Å². The molecule has 27 heavy (non-hydrogen) atoms. The first-order valence-electron chi connectivity index (χ1n) is 8.80. The SMILES string of the molecule is Cc1ccc(C(=O)N/C(=C\c2ccco2)C(=O)NN2CCOCC2)cc1C. The Morgan fingerprint density at radius 3 is 2.56 bits per heavy atom. The number of benzene rings is 1. The lowest BCUT2D eigenvalue weighted by Gasteiger charge is -2.27. The molecule has 1 aliphatic heterocycles. The minimum absolute atomic E-state index is 0.111. The second-order valence-electron chi connectivity index (χ2n) is 6.37. The van der Waals surface area contributed by atoms with Gasteiger partial charge in [-0.1, -0.05) is 6.07 Å². The minimum atomic E-state index is -0.412. The molecule has 0 radical (unpaired) electrons. The van der Waals surface area contributed by atoms with Crippen molar-refractivity contribution >= 4 is 17.9 Å². The molecule has 7 nitrogen and oxygen atoms in total. The number of hydrogen-bond donors (Lipinski definition) is 2. The van der Waals surface area contributed by atoms with Gasteiger partial charge in [0.1, 0.15) is 11.5 Å². The maximum absolute atomic E-state index is 12.7. The van der Waals surface area contributed by atoms with Crippen LogP contribution in [0, 0.1) is 13.8 Å². The number of morpholine rings is 1. The molecular weight excluding hydrogens is 346 g/mol. The van der Waals surface area contributed by atoms with Gasteiger partial charge in [-0.15, -0.1) is 0 Å². The molecule has 3 rings (SSSR count). The molecular formula is C20H23N3O4. The second kappa shape index (κ2) is 8.66. The number of furan rings is 1. The Kier molecular flexibility index (Phi) is 6.05. The van der Waals surface area contributed by atoms with Gasteiger partial charge in [-0.2, -0.15) is 0 Å². The Bertz CT molecular complexity index is 837. The van der Waals surface area contributed by atoms with E-state index in [1.807, 2.05) is 19.9 Å². The van der Waals surface area contributed by atoms with E-state index in [0.29, 0.717) is 37.6 Å². The molecule has 1 fully saturated rings. The zero-order chi connectivity index (χ0) is 19.2. The predicted octanol–water partition coefficient (Wildman–Crippen LogP) is 2.03. The number of hydrogen-bond acceptors (Lipinski definition) is 5. The van der Waals surface area contributed by atoms with Crippen LogP contribution in [0.4, 0.5) is 0 Å². The van der Waals surface area contributed by atoms with E-state index in [0.717, 1.165) is 11.1 Å². The number of amides is 2. The summed E-state index contributed by atoms with van der Waals surface area (Å²) in [5.41, 5.74) is 5.51. The van der Waals surface area contributed by atoms with Crippen LogP contribution in [0.5, 0.6) is 0 Å². The molecule has 142 valence electrons. The molecule has 0 atom stereocenters. The first-order valence-corrected chi connectivity index (χ1v) is 8.80. The van der Waals surface area contributed by atoms with E-state index < -0.39 is 5.91 Å². The third kappa shape index (κ3) is 5.06. The number of nitrogens with one attached hydrogen (secondary N) is 2. The fourth-order valence-corrected chi connectivity index (χ4v) is 2.63. The maximum atomic E-state index is 12.7. The lowest BCUT2D eigenvalue weighted by molar-refractivity contribution is -0.124. The summed E-state index contributed by atoms with van der Waals surface area (Å²) >= 11 is 0. The molecule has 7 heteroatoms. The van der Waals surface area contributed by atoms with E-state index in [1.54, 1.807) is 29.3 Å². The van der Waals surface area contributed by atoms with Gasteiger partial charge in [-0.3, -0.25) is 15.0 Å². The van der Waals surface area contributed by atoms with Crippen LogP contribution in [0.15, 0.2) is 46.7 Å². The summed E-state index contributed by atoms with van der Waals surface area (Å²) < 4.78 is 10.6. The van der Waals surface area contributed by atoms with Crippen molar-refractivity contribution < 1.29 is 18.7 Å². The van der Waals surface area contributed by atoms with Crippen LogP contribution in [-0.4, -0.2) is 43.1 Å². The Balaban J connectivity index is 1.78. The van der Waals surface area contributed by atoms with E-state index in [9.17, 15) is 9.59 Å². The highest BCUT2D eigenvalue weighted by Gasteiger charge is 2.19. The number of carbonyl (C=O) groups excluding carboxylic acids is 2. The van der Waals surface area contributed by atoms with Gasteiger partial charge < -0.3 is 14.5 Å². The maximum Gasteiger partial charge on any atom is 0.282 e. The molecule has 2 N–H and O–H groups in total. The number of nitrogens with zero attached hydrogens (tertiary/aromatic N) is 1. The van der Waals surface area contributed by atoms with Crippen LogP contribution in [0.1, 0.15) is 27.2 Å². The average molecular weight is 369 g/mol. The average Bonchev–Trinajstić information content (AvgIpc) is 3.17. The van der Waals surface area contributed by atoms with E-state index in [2.05, 4.69) is 10.7 Å². The minimum Gasteiger partial charge on any atom is -0.465 e. The van der Waals surface area contributed by atoms with Crippen LogP contribution >= 0.6 is 0 Å². The highest BCUT2D eigenvalue weighted by atomic mass is 16.5. The largest absolute Gasteiger partial charge is 0.465 e. The quantitative estimate of drug-likeness (QED) is 0.788. The molecule has 0 aliphatic carbocycles. The fraction of sp³-hybridized carbons (Fsp3) is 0.300. The van der Waals surface area contributed by atoms with Crippen molar-refractivity contribution in [2.75, 3.05) is 26.3 Å².